The number of imide groups is 1. The molecule has 0 unspecified atom stereocenters. The number of rotatable bonds is 7. The minimum Gasteiger partial charge on any atom is -0.379 e. The lowest BCUT2D eigenvalue weighted by molar-refractivity contribution is 0.0445. The first-order valence-corrected chi connectivity index (χ1v) is 9.02. The molecule has 0 saturated carbocycles. The zero-order valence-corrected chi connectivity index (χ0v) is 14.2. The number of benzene rings is 1. The van der Waals surface area contributed by atoms with E-state index in [2.05, 4.69) is 0 Å². The fourth-order valence-electron chi connectivity index (χ4n) is 2.53. The average Bonchev–Trinajstić information content (AvgIpc) is 2.78. The highest BCUT2D eigenvalue weighted by Gasteiger charge is 2.47. The van der Waals surface area contributed by atoms with Crippen LogP contribution in [-0.2, 0) is 13.6 Å². The van der Waals surface area contributed by atoms with E-state index in [1.807, 2.05) is 0 Å². The Morgan fingerprint density at radius 2 is 1.52 bits per heavy atom. The zero-order chi connectivity index (χ0) is 17.2. The summed E-state index contributed by atoms with van der Waals surface area (Å²) in [5.74, 6) is -2.68. The number of fused-ring (bicyclic) bond motifs is 1. The standard InChI is InChI=1S/C15H20NO6P/c1-4-21-23(20,22-5-2)15(19)10(3)16-13(17)11-8-6-7-9-12(11)14(16)18/h6-10,15,19H,4-5H2,1-3H3/t10-,15+/m1/s1. The maximum atomic E-state index is 12.7. The van der Waals surface area contributed by atoms with Gasteiger partial charge in [0.15, 0.2) is 5.85 Å². The van der Waals surface area contributed by atoms with Crippen LogP contribution in [0.3, 0.4) is 0 Å². The molecular formula is C15H20NO6P. The molecule has 1 aromatic rings. The lowest BCUT2D eigenvalue weighted by atomic mass is 10.1. The van der Waals surface area contributed by atoms with E-state index in [-0.39, 0.29) is 24.3 Å². The number of aliphatic hydroxyl groups is 1. The van der Waals surface area contributed by atoms with Crippen LogP contribution in [0.1, 0.15) is 41.5 Å². The summed E-state index contributed by atoms with van der Waals surface area (Å²) >= 11 is 0. The van der Waals surface area contributed by atoms with Gasteiger partial charge in [0.1, 0.15) is 0 Å². The normalized spacial score (nSPS) is 17.3. The summed E-state index contributed by atoms with van der Waals surface area (Å²) in [7, 11) is -3.86. The summed E-state index contributed by atoms with van der Waals surface area (Å²) in [6, 6.07) is 5.34. The third-order valence-electron chi connectivity index (χ3n) is 3.61. The second-order valence-electron chi connectivity index (χ2n) is 5.06. The monoisotopic (exact) mass is 341 g/mol. The van der Waals surface area contributed by atoms with E-state index in [4.69, 9.17) is 9.05 Å². The molecule has 8 heteroatoms. The number of amides is 2. The van der Waals surface area contributed by atoms with Crippen molar-refractivity contribution in [3.8, 4) is 0 Å². The second kappa shape index (κ2) is 6.93. The third kappa shape index (κ3) is 3.10. The molecule has 7 nitrogen and oxygen atoms in total. The SMILES string of the molecule is CCOP(=O)(OCC)[C@H](O)[C@@H](C)N1C(=O)c2ccccc2C1=O. The van der Waals surface area contributed by atoms with Gasteiger partial charge in [-0.3, -0.25) is 19.1 Å². The van der Waals surface area contributed by atoms with Gasteiger partial charge in [0, 0.05) is 0 Å². The average molecular weight is 341 g/mol. The first-order valence-electron chi connectivity index (χ1n) is 7.41. The topological polar surface area (TPSA) is 93.1 Å². The smallest absolute Gasteiger partial charge is 0.360 e. The molecule has 0 spiro atoms. The first-order chi connectivity index (χ1) is 10.9. The zero-order valence-electron chi connectivity index (χ0n) is 13.3. The van der Waals surface area contributed by atoms with Crippen LogP contribution in [0.15, 0.2) is 24.3 Å². The van der Waals surface area contributed by atoms with Crippen molar-refractivity contribution in [2.75, 3.05) is 13.2 Å². The highest BCUT2D eigenvalue weighted by atomic mass is 31.2. The maximum absolute atomic E-state index is 12.7. The fraction of sp³-hybridized carbons (Fsp3) is 0.467. The lowest BCUT2D eigenvalue weighted by Gasteiger charge is -2.31. The Morgan fingerprint density at radius 3 is 1.91 bits per heavy atom. The molecule has 126 valence electrons. The summed E-state index contributed by atoms with van der Waals surface area (Å²) in [5.41, 5.74) is 0.526. The summed E-state index contributed by atoms with van der Waals surface area (Å²) in [6.07, 6.45) is 0. The molecule has 1 heterocycles. The predicted octanol–water partition coefficient (Wildman–Crippen LogP) is 2.26. The van der Waals surface area contributed by atoms with Gasteiger partial charge < -0.3 is 14.2 Å². The van der Waals surface area contributed by atoms with Gasteiger partial charge in [-0.2, -0.15) is 0 Å². The number of hydrogen-bond donors (Lipinski definition) is 1. The number of aliphatic hydroxyl groups excluding tert-OH is 1. The summed E-state index contributed by atoms with van der Waals surface area (Å²) in [4.78, 5) is 25.7. The largest absolute Gasteiger partial charge is 0.379 e. The van der Waals surface area contributed by atoms with Gasteiger partial charge in [-0.1, -0.05) is 12.1 Å². The van der Waals surface area contributed by atoms with E-state index < -0.39 is 31.3 Å². The minimum absolute atomic E-state index is 0.0726. The van der Waals surface area contributed by atoms with Crippen LogP contribution in [0.2, 0.25) is 0 Å². The van der Waals surface area contributed by atoms with Crippen molar-refractivity contribution < 1.29 is 28.3 Å². The van der Waals surface area contributed by atoms with Crippen LogP contribution < -0.4 is 0 Å². The van der Waals surface area contributed by atoms with Gasteiger partial charge in [0.2, 0.25) is 0 Å². The molecule has 0 fully saturated rings. The van der Waals surface area contributed by atoms with Crippen molar-refractivity contribution in [2.24, 2.45) is 0 Å². The van der Waals surface area contributed by atoms with E-state index in [9.17, 15) is 19.3 Å². The van der Waals surface area contributed by atoms with Gasteiger partial charge in [-0.15, -0.1) is 0 Å². The van der Waals surface area contributed by atoms with Gasteiger partial charge in [0.25, 0.3) is 11.8 Å². The number of carbonyl (C=O) groups is 2. The maximum Gasteiger partial charge on any atom is 0.360 e. The Labute approximate surface area is 134 Å². The molecule has 0 aliphatic carbocycles. The second-order valence-corrected chi connectivity index (χ2v) is 7.18. The third-order valence-corrected chi connectivity index (χ3v) is 5.92. The molecule has 1 N–H and O–H groups in total. The molecule has 2 rings (SSSR count). The van der Waals surface area contributed by atoms with E-state index in [0.717, 1.165) is 4.90 Å². The summed E-state index contributed by atoms with van der Waals surface area (Å²) < 4.78 is 22.8. The van der Waals surface area contributed by atoms with Crippen molar-refractivity contribution in [2.45, 2.75) is 32.7 Å². The summed E-state index contributed by atoms with van der Waals surface area (Å²) in [6.45, 7) is 4.82. The number of carbonyl (C=O) groups excluding carboxylic acids is 2. The molecule has 0 saturated heterocycles. The van der Waals surface area contributed by atoms with E-state index >= 15 is 0 Å². The Bertz CT molecular complexity index is 616. The van der Waals surface area contributed by atoms with E-state index in [0.29, 0.717) is 0 Å². The molecule has 0 bridgehead atoms. The molecular weight excluding hydrogens is 321 g/mol. The molecule has 1 aliphatic rings. The molecule has 2 atom stereocenters. The predicted molar refractivity (Wildman–Crippen MR) is 83.3 cm³/mol. The van der Waals surface area contributed by atoms with Crippen molar-refractivity contribution >= 4 is 19.4 Å². The fourth-order valence-corrected chi connectivity index (χ4v) is 4.29. The Hall–Kier alpha value is -1.53. The van der Waals surface area contributed by atoms with Gasteiger partial charge >= 0.3 is 7.60 Å². The van der Waals surface area contributed by atoms with Crippen LogP contribution in [0.4, 0.5) is 0 Å². The molecule has 1 aliphatic heterocycles. The van der Waals surface area contributed by atoms with Crippen molar-refractivity contribution in [3.63, 3.8) is 0 Å². The molecule has 23 heavy (non-hydrogen) atoms. The van der Waals surface area contributed by atoms with Crippen LogP contribution in [0, 0.1) is 0 Å². The molecule has 0 radical (unpaired) electrons. The number of hydrogen-bond acceptors (Lipinski definition) is 6. The molecule has 2 amide bonds. The number of nitrogens with zero attached hydrogens (tertiary/aromatic N) is 1. The van der Waals surface area contributed by atoms with Crippen LogP contribution >= 0.6 is 7.60 Å². The Balaban J connectivity index is 2.30. The van der Waals surface area contributed by atoms with Crippen molar-refractivity contribution in [3.05, 3.63) is 35.4 Å². The van der Waals surface area contributed by atoms with Crippen LogP contribution in [0.5, 0.6) is 0 Å². The van der Waals surface area contributed by atoms with Crippen LogP contribution in [0.25, 0.3) is 0 Å². The van der Waals surface area contributed by atoms with Crippen molar-refractivity contribution in [1.82, 2.24) is 4.90 Å². The highest BCUT2D eigenvalue weighted by Crippen LogP contribution is 2.54. The lowest BCUT2D eigenvalue weighted by Crippen LogP contribution is -2.45. The first kappa shape index (κ1) is 17.8. The van der Waals surface area contributed by atoms with Gasteiger partial charge in [-0.05, 0) is 32.9 Å². The van der Waals surface area contributed by atoms with E-state index in [1.165, 1.54) is 6.92 Å². The highest BCUT2D eigenvalue weighted by molar-refractivity contribution is 7.54. The Morgan fingerprint density at radius 1 is 1.09 bits per heavy atom. The Kier molecular flexibility index (Phi) is 5.37. The minimum atomic E-state index is -3.86. The van der Waals surface area contributed by atoms with Gasteiger partial charge in [0.05, 0.1) is 30.4 Å². The summed E-state index contributed by atoms with van der Waals surface area (Å²) in [5, 5.41) is 10.4. The molecule has 1 aromatic carbocycles. The quantitative estimate of drug-likeness (QED) is 0.604. The molecule has 0 aromatic heterocycles. The van der Waals surface area contributed by atoms with Crippen molar-refractivity contribution in [1.29, 1.82) is 0 Å². The van der Waals surface area contributed by atoms with Gasteiger partial charge in [-0.25, -0.2) is 0 Å². The van der Waals surface area contributed by atoms with Crippen LogP contribution in [-0.4, -0.2) is 46.9 Å². The van der Waals surface area contributed by atoms with E-state index in [1.54, 1.807) is 38.1 Å².